The van der Waals surface area contributed by atoms with Gasteiger partial charge in [0.1, 0.15) is 5.75 Å². The Bertz CT molecular complexity index is 1320. The number of anilines is 2. The smallest absolute Gasteiger partial charge is 0.255 e. The average Bonchev–Trinajstić information content (AvgIpc) is 2.88. The third kappa shape index (κ3) is 6.43. The van der Waals surface area contributed by atoms with Crippen LogP contribution in [0.5, 0.6) is 5.75 Å². The molecule has 5 nitrogen and oxygen atoms in total. The number of thioether (sulfide) groups is 1. The summed E-state index contributed by atoms with van der Waals surface area (Å²) in [5, 5.41) is 7.80. The number of carbonyl (C=O) groups excluding carboxylic acids is 2. The molecule has 0 heterocycles. The molecule has 4 rings (SSSR count). The number of nitrogens with one attached hydrogen (secondary N) is 2. The molecule has 0 saturated heterocycles. The number of fused-ring (bicyclic) bond motifs is 1. The second kappa shape index (κ2) is 11.6. The van der Waals surface area contributed by atoms with E-state index in [0.29, 0.717) is 24.3 Å². The fourth-order valence-electron chi connectivity index (χ4n) is 3.69. The van der Waals surface area contributed by atoms with E-state index in [0.717, 1.165) is 27.1 Å². The van der Waals surface area contributed by atoms with Gasteiger partial charge in [0.25, 0.3) is 5.91 Å². The van der Waals surface area contributed by atoms with Crippen LogP contribution in [-0.2, 0) is 4.79 Å². The summed E-state index contributed by atoms with van der Waals surface area (Å²) in [4.78, 5) is 26.6. The predicted octanol–water partition coefficient (Wildman–Crippen LogP) is 7.00. The molecule has 1 atom stereocenters. The van der Waals surface area contributed by atoms with Crippen molar-refractivity contribution in [3.05, 3.63) is 96.6 Å². The van der Waals surface area contributed by atoms with Crippen molar-refractivity contribution in [2.75, 3.05) is 17.2 Å². The Balaban J connectivity index is 1.40. The molecule has 0 spiro atoms. The normalized spacial score (nSPS) is 11.6. The van der Waals surface area contributed by atoms with E-state index in [1.54, 1.807) is 0 Å². The van der Waals surface area contributed by atoms with E-state index in [2.05, 4.69) is 10.6 Å². The van der Waals surface area contributed by atoms with E-state index < -0.39 is 0 Å². The van der Waals surface area contributed by atoms with E-state index in [9.17, 15) is 9.59 Å². The van der Waals surface area contributed by atoms with Gasteiger partial charge >= 0.3 is 0 Å². The molecule has 0 aliphatic carbocycles. The monoisotopic (exact) mass is 484 g/mol. The highest BCUT2D eigenvalue weighted by Crippen LogP contribution is 2.29. The summed E-state index contributed by atoms with van der Waals surface area (Å²) in [5.41, 5.74) is 2.02. The maximum Gasteiger partial charge on any atom is 0.255 e. The van der Waals surface area contributed by atoms with Gasteiger partial charge in [0.15, 0.2) is 0 Å². The number of amides is 2. The maximum absolute atomic E-state index is 12.9. The molecule has 1 unspecified atom stereocenters. The van der Waals surface area contributed by atoms with E-state index >= 15 is 0 Å². The van der Waals surface area contributed by atoms with Crippen molar-refractivity contribution in [2.24, 2.45) is 0 Å². The second-order valence-electron chi connectivity index (χ2n) is 8.01. The first kappa shape index (κ1) is 24.4. The van der Waals surface area contributed by atoms with E-state index in [1.807, 2.05) is 105 Å². The van der Waals surface area contributed by atoms with Gasteiger partial charge in [-0.3, -0.25) is 9.59 Å². The Morgan fingerprint density at radius 1 is 0.800 bits per heavy atom. The van der Waals surface area contributed by atoms with Gasteiger partial charge in [0.05, 0.1) is 11.9 Å². The first-order valence-electron chi connectivity index (χ1n) is 11.7. The number of carbonyl (C=O) groups is 2. The molecular formula is C29H28N2O3S. The molecule has 0 radical (unpaired) electrons. The zero-order valence-corrected chi connectivity index (χ0v) is 20.6. The lowest BCUT2D eigenvalue weighted by Crippen LogP contribution is -2.24. The van der Waals surface area contributed by atoms with Crippen molar-refractivity contribution in [1.29, 1.82) is 0 Å². The van der Waals surface area contributed by atoms with Crippen LogP contribution in [0.15, 0.2) is 95.9 Å². The molecule has 0 fully saturated rings. The fraction of sp³-hybridized carbons (Fsp3) is 0.172. The van der Waals surface area contributed by atoms with E-state index in [1.165, 1.54) is 11.8 Å². The molecule has 0 aliphatic rings. The van der Waals surface area contributed by atoms with Crippen LogP contribution in [0.25, 0.3) is 10.8 Å². The Labute approximate surface area is 209 Å². The zero-order valence-electron chi connectivity index (χ0n) is 19.8. The van der Waals surface area contributed by atoms with Gasteiger partial charge < -0.3 is 15.4 Å². The summed E-state index contributed by atoms with van der Waals surface area (Å²) in [7, 11) is 0. The van der Waals surface area contributed by atoms with Crippen molar-refractivity contribution in [2.45, 2.75) is 30.4 Å². The summed E-state index contributed by atoms with van der Waals surface area (Å²) in [6.07, 6.45) is 0.668. The summed E-state index contributed by atoms with van der Waals surface area (Å²) in [5.74, 6) is 0.542. The van der Waals surface area contributed by atoms with Gasteiger partial charge in [0.2, 0.25) is 5.91 Å². The highest BCUT2D eigenvalue weighted by atomic mass is 32.2. The Morgan fingerprint density at radius 2 is 1.57 bits per heavy atom. The first-order valence-corrected chi connectivity index (χ1v) is 12.5. The van der Waals surface area contributed by atoms with Gasteiger partial charge in [-0.05, 0) is 78.7 Å². The highest BCUT2D eigenvalue weighted by molar-refractivity contribution is 8.00. The summed E-state index contributed by atoms with van der Waals surface area (Å²) in [6.45, 7) is 4.52. The molecule has 2 amide bonds. The van der Waals surface area contributed by atoms with Crippen molar-refractivity contribution in [3.63, 3.8) is 0 Å². The number of hydrogen-bond acceptors (Lipinski definition) is 4. The van der Waals surface area contributed by atoms with Crippen LogP contribution in [0.2, 0.25) is 0 Å². The zero-order chi connectivity index (χ0) is 24.6. The standard InChI is InChI=1S/C29H28N2O3S/c1-3-27(29(33)30-23-14-16-25(17-15-23)34-4-2)35-26-11-7-10-24(19-26)31-28(32)22-13-12-20-8-5-6-9-21(20)18-22/h5-19,27H,3-4H2,1-2H3,(H,30,33)(H,31,32). The molecule has 0 aliphatic heterocycles. The molecule has 35 heavy (non-hydrogen) atoms. The largest absolute Gasteiger partial charge is 0.494 e. The van der Waals surface area contributed by atoms with Crippen LogP contribution in [0, 0.1) is 0 Å². The number of ether oxygens (including phenoxy) is 1. The van der Waals surface area contributed by atoms with Crippen molar-refractivity contribution >= 4 is 45.7 Å². The van der Waals surface area contributed by atoms with Crippen LogP contribution in [-0.4, -0.2) is 23.7 Å². The minimum absolute atomic E-state index is 0.0627. The summed E-state index contributed by atoms with van der Waals surface area (Å²) >= 11 is 1.48. The molecule has 4 aromatic rings. The van der Waals surface area contributed by atoms with E-state index in [4.69, 9.17) is 4.74 Å². The van der Waals surface area contributed by atoms with Gasteiger partial charge in [0, 0.05) is 21.8 Å². The SMILES string of the molecule is CCOc1ccc(NC(=O)C(CC)Sc2cccc(NC(=O)c3ccc4ccccc4c3)c2)cc1. The van der Waals surface area contributed by atoms with Crippen LogP contribution in [0.3, 0.4) is 0 Å². The molecule has 2 N–H and O–H groups in total. The van der Waals surface area contributed by atoms with Gasteiger partial charge in [-0.2, -0.15) is 0 Å². The van der Waals surface area contributed by atoms with Gasteiger partial charge in [-0.25, -0.2) is 0 Å². The predicted molar refractivity (Wildman–Crippen MR) is 145 cm³/mol. The molecule has 6 heteroatoms. The molecule has 178 valence electrons. The summed E-state index contributed by atoms with van der Waals surface area (Å²) < 4.78 is 5.45. The van der Waals surface area contributed by atoms with E-state index in [-0.39, 0.29) is 17.1 Å². The Hall–Kier alpha value is -3.77. The average molecular weight is 485 g/mol. The molecular weight excluding hydrogens is 456 g/mol. The quantitative estimate of drug-likeness (QED) is 0.251. The third-order valence-corrected chi connectivity index (χ3v) is 6.84. The fourth-order valence-corrected chi connectivity index (χ4v) is 4.70. The molecule has 0 saturated carbocycles. The Morgan fingerprint density at radius 3 is 2.31 bits per heavy atom. The molecule has 4 aromatic carbocycles. The van der Waals surface area contributed by atoms with Crippen molar-refractivity contribution in [3.8, 4) is 5.75 Å². The van der Waals surface area contributed by atoms with Gasteiger partial charge in [-0.15, -0.1) is 11.8 Å². The number of rotatable bonds is 9. The Kier molecular flexibility index (Phi) is 8.06. The molecule has 0 aromatic heterocycles. The minimum atomic E-state index is -0.270. The van der Waals surface area contributed by atoms with Crippen LogP contribution in [0.4, 0.5) is 11.4 Å². The molecule has 0 bridgehead atoms. The first-order chi connectivity index (χ1) is 17.1. The lowest BCUT2D eigenvalue weighted by molar-refractivity contribution is -0.115. The lowest BCUT2D eigenvalue weighted by Gasteiger charge is -2.16. The van der Waals surface area contributed by atoms with Crippen LogP contribution < -0.4 is 15.4 Å². The topological polar surface area (TPSA) is 67.4 Å². The lowest BCUT2D eigenvalue weighted by atomic mass is 10.1. The third-order valence-electron chi connectivity index (χ3n) is 5.48. The van der Waals surface area contributed by atoms with Crippen LogP contribution in [0.1, 0.15) is 30.6 Å². The van der Waals surface area contributed by atoms with Gasteiger partial charge in [-0.1, -0.05) is 43.3 Å². The maximum atomic E-state index is 12.9. The minimum Gasteiger partial charge on any atom is -0.494 e. The van der Waals surface area contributed by atoms with Crippen molar-refractivity contribution in [1.82, 2.24) is 0 Å². The summed E-state index contributed by atoms with van der Waals surface area (Å²) in [6, 6.07) is 28.6. The van der Waals surface area contributed by atoms with Crippen LogP contribution >= 0.6 is 11.8 Å². The number of hydrogen-bond donors (Lipinski definition) is 2. The van der Waals surface area contributed by atoms with Crippen molar-refractivity contribution < 1.29 is 14.3 Å². The highest BCUT2D eigenvalue weighted by Gasteiger charge is 2.18. The number of benzene rings is 4. The second-order valence-corrected chi connectivity index (χ2v) is 9.28.